The fraction of sp³-hybridized carbons (Fsp3) is 0.667. The van der Waals surface area contributed by atoms with Gasteiger partial charge in [0, 0.05) is 38.4 Å². The summed E-state index contributed by atoms with van der Waals surface area (Å²) in [5.41, 5.74) is 3.01. The van der Waals surface area contributed by atoms with Crippen LogP contribution in [0.4, 0.5) is 5.69 Å². The third kappa shape index (κ3) is 5.27. The van der Waals surface area contributed by atoms with Gasteiger partial charge < -0.3 is 19.9 Å². The minimum absolute atomic E-state index is 0.275. The van der Waals surface area contributed by atoms with E-state index in [1.165, 1.54) is 11.3 Å². The SMILES string of the molecule is CN(C)CC(C)(C)CNCc1ccccc1N1CCOCC1. The van der Waals surface area contributed by atoms with Crippen LogP contribution < -0.4 is 10.2 Å². The van der Waals surface area contributed by atoms with Gasteiger partial charge in [-0.2, -0.15) is 0 Å². The maximum absolute atomic E-state index is 5.46. The molecule has 1 fully saturated rings. The van der Waals surface area contributed by atoms with Crippen molar-refractivity contribution in [1.29, 1.82) is 0 Å². The number of benzene rings is 1. The normalized spacial score (nSPS) is 16.3. The molecule has 0 saturated carbocycles. The number of hydrogen-bond donors (Lipinski definition) is 1. The Morgan fingerprint density at radius 1 is 1.18 bits per heavy atom. The first-order valence-corrected chi connectivity index (χ1v) is 8.24. The molecule has 1 heterocycles. The van der Waals surface area contributed by atoms with Crippen LogP contribution >= 0.6 is 0 Å². The first-order chi connectivity index (χ1) is 10.5. The summed E-state index contributed by atoms with van der Waals surface area (Å²) in [5, 5.41) is 3.64. The number of ether oxygens (including phenoxy) is 1. The van der Waals surface area contributed by atoms with E-state index in [2.05, 4.69) is 67.3 Å². The Morgan fingerprint density at radius 2 is 1.86 bits per heavy atom. The zero-order valence-electron chi connectivity index (χ0n) is 14.6. The van der Waals surface area contributed by atoms with Gasteiger partial charge in [0.2, 0.25) is 0 Å². The average molecular weight is 305 g/mol. The van der Waals surface area contributed by atoms with Crippen LogP contribution in [0.15, 0.2) is 24.3 Å². The molecule has 1 aromatic carbocycles. The van der Waals surface area contributed by atoms with Crippen molar-refractivity contribution in [2.45, 2.75) is 20.4 Å². The van der Waals surface area contributed by atoms with E-state index in [9.17, 15) is 0 Å². The first kappa shape index (κ1) is 17.3. The second kappa shape index (κ2) is 7.95. The van der Waals surface area contributed by atoms with Crippen LogP contribution in [0.5, 0.6) is 0 Å². The lowest BCUT2D eigenvalue weighted by Crippen LogP contribution is -2.38. The Morgan fingerprint density at radius 3 is 2.55 bits per heavy atom. The average Bonchev–Trinajstić information content (AvgIpc) is 2.47. The molecule has 2 rings (SSSR count). The lowest BCUT2D eigenvalue weighted by molar-refractivity contribution is 0.122. The molecule has 0 radical (unpaired) electrons. The molecule has 0 unspecified atom stereocenters. The lowest BCUT2D eigenvalue weighted by atomic mass is 9.93. The van der Waals surface area contributed by atoms with Gasteiger partial charge in [-0.05, 0) is 31.1 Å². The van der Waals surface area contributed by atoms with Crippen molar-refractivity contribution in [3.05, 3.63) is 29.8 Å². The summed E-state index contributed by atoms with van der Waals surface area (Å²) in [5.74, 6) is 0. The van der Waals surface area contributed by atoms with Crippen molar-refractivity contribution >= 4 is 5.69 Å². The van der Waals surface area contributed by atoms with E-state index < -0.39 is 0 Å². The smallest absolute Gasteiger partial charge is 0.0642 e. The Kier molecular flexibility index (Phi) is 6.24. The van der Waals surface area contributed by atoms with Crippen molar-refractivity contribution in [3.63, 3.8) is 0 Å². The number of morpholine rings is 1. The fourth-order valence-electron chi connectivity index (χ4n) is 3.22. The van der Waals surface area contributed by atoms with Gasteiger partial charge in [0.1, 0.15) is 0 Å². The van der Waals surface area contributed by atoms with Crippen LogP contribution in [0.3, 0.4) is 0 Å². The number of nitrogens with one attached hydrogen (secondary N) is 1. The molecule has 0 bridgehead atoms. The summed E-state index contributed by atoms with van der Waals surface area (Å²) in [6.45, 7) is 11.3. The summed E-state index contributed by atoms with van der Waals surface area (Å²) in [6, 6.07) is 8.72. The van der Waals surface area contributed by atoms with Crippen LogP contribution in [0.25, 0.3) is 0 Å². The third-order valence-electron chi connectivity index (χ3n) is 4.01. The minimum Gasteiger partial charge on any atom is -0.378 e. The van der Waals surface area contributed by atoms with E-state index in [0.717, 1.165) is 45.9 Å². The molecule has 0 atom stereocenters. The topological polar surface area (TPSA) is 27.7 Å². The molecule has 0 amide bonds. The highest BCUT2D eigenvalue weighted by molar-refractivity contribution is 5.53. The van der Waals surface area contributed by atoms with Gasteiger partial charge in [0.15, 0.2) is 0 Å². The van der Waals surface area contributed by atoms with Crippen molar-refractivity contribution in [3.8, 4) is 0 Å². The molecule has 0 aliphatic carbocycles. The second-order valence-corrected chi connectivity index (χ2v) is 7.23. The standard InChI is InChI=1S/C18H31N3O/c1-18(2,15-20(3)4)14-19-13-16-7-5-6-8-17(16)21-9-11-22-12-10-21/h5-8,19H,9-15H2,1-4H3. The van der Waals surface area contributed by atoms with Gasteiger partial charge in [-0.25, -0.2) is 0 Å². The van der Waals surface area contributed by atoms with Gasteiger partial charge in [0.05, 0.1) is 13.2 Å². The van der Waals surface area contributed by atoms with Crippen LogP contribution in [0, 0.1) is 5.41 Å². The van der Waals surface area contributed by atoms with Crippen molar-refractivity contribution in [2.75, 3.05) is 58.4 Å². The van der Waals surface area contributed by atoms with Gasteiger partial charge in [-0.1, -0.05) is 32.0 Å². The summed E-state index contributed by atoms with van der Waals surface area (Å²) >= 11 is 0. The fourth-order valence-corrected chi connectivity index (χ4v) is 3.22. The summed E-state index contributed by atoms with van der Waals surface area (Å²) in [6.07, 6.45) is 0. The zero-order valence-corrected chi connectivity index (χ0v) is 14.6. The quantitative estimate of drug-likeness (QED) is 0.836. The molecule has 1 aliphatic rings. The van der Waals surface area contributed by atoms with Crippen molar-refractivity contribution in [1.82, 2.24) is 10.2 Å². The van der Waals surface area contributed by atoms with Crippen molar-refractivity contribution in [2.24, 2.45) is 5.41 Å². The molecule has 0 spiro atoms. The van der Waals surface area contributed by atoms with E-state index in [-0.39, 0.29) is 5.41 Å². The Hall–Kier alpha value is -1.10. The largest absolute Gasteiger partial charge is 0.378 e. The van der Waals surface area contributed by atoms with Crippen LogP contribution in [0.2, 0.25) is 0 Å². The molecule has 1 N–H and O–H groups in total. The monoisotopic (exact) mass is 305 g/mol. The first-order valence-electron chi connectivity index (χ1n) is 8.24. The van der Waals surface area contributed by atoms with Gasteiger partial charge in [-0.15, -0.1) is 0 Å². The second-order valence-electron chi connectivity index (χ2n) is 7.23. The maximum Gasteiger partial charge on any atom is 0.0642 e. The van der Waals surface area contributed by atoms with Gasteiger partial charge in [0.25, 0.3) is 0 Å². The van der Waals surface area contributed by atoms with Crippen LogP contribution in [-0.2, 0) is 11.3 Å². The summed E-state index contributed by atoms with van der Waals surface area (Å²) in [4.78, 5) is 4.69. The summed E-state index contributed by atoms with van der Waals surface area (Å²) in [7, 11) is 4.27. The van der Waals surface area contributed by atoms with E-state index in [4.69, 9.17) is 4.74 Å². The van der Waals surface area contributed by atoms with E-state index in [1.54, 1.807) is 0 Å². The lowest BCUT2D eigenvalue weighted by Gasteiger charge is -2.31. The van der Waals surface area contributed by atoms with Gasteiger partial charge >= 0.3 is 0 Å². The molecule has 4 heteroatoms. The molecular weight excluding hydrogens is 274 g/mol. The Bertz CT molecular complexity index is 453. The van der Waals surface area contributed by atoms with Crippen LogP contribution in [0.1, 0.15) is 19.4 Å². The zero-order chi connectivity index (χ0) is 16.0. The van der Waals surface area contributed by atoms with E-state index >= 15 is 0 Å². The van der Waals surface area contributed by atoms with Crippen LogP contribution in [-0.4, -0.2) is 58.4 Å². The number of para-hydroxylation sites is 1. The van der Waals surface area contributed by atoms with Crippen molar-refractivity contribution < 1.29 is 4.74 Å². The minimum atomic E-state index is 0.275. The third-order valence-corrected chi connectivity index (χ3v) is 4.01. The number of anilines is 1. The molecule has 22 heavy (non-hydrogen) atoms. The highest BCUT2D eigenvalue weighted by Gasteiger charge is 2.19. The number of rotatable bonds is 7. The predicted octanol–water partition coefficient (Wildman–Crippen LogP) is 2.20. The molecule has 1 saturated heterocycles. The Labute approximate surface area is 135 Å². The molecule has 124 valence electrons. The summed E-state index contributed by atoms with van der Waals surface area (Å²) < 4.78 is 5.46. The molecule has 4 nitrogen and oxygen atoms in total. The molecular formula is C18H31N3O. The maximum atomic E-state index is 5.46. The highest BCUT2D eigenvalue weighted by Crippen LogP contribution is 2.22. The Balaban J connectivity index is 1.92. The molecule has 0 aromatic heterocycles. The number of nitrogens with zero attached hydrogens (tertiary/aromatic N) is 2. The molecule has 1 aliphatic heterocycles. The van der Waals surface area contributed by atoms with E-state index in [1.807, 2.05) is 0 Å². The van der Waals surface area contributed by atoms with Gasteiger partial charge in [-0.3, -0.25) is 0 Å². The molecule has 1 aromatic rings. The van der Waals surface area contributed by atoms with E-state index in [0.29, 0.717) is 0 Å². The highest BCUT2D eigenvalue weighted by atomic mass is 16.5. The number of hydrogen-bond acceptors (Lipinski definition) is 4. The predicted molar refractivity (Wildman–Crippen MR) is 93.5 cm³/mol.